The van der Waals surface area contributed by atoms with Gasteiger partial charge in [-0.2, -0.15) is 0 Å². The highest BCUT2D eigenvalue weighted by Gasteiger charge is 2.16. The molecule has 5 nitrogen and oxygen atoms in total. The minimum absolute atomic E-state index is 0.110. The zero-order valence-corrected chi connectivity index (χ0v) is 12.5. The molecule has 5 heteroatoms. The van der Waals surface area contributed by atoms with Crippen molar-refractivity contribution in [2.45, 2.75) is 45.3 Å². The normalized spacial score (nSPS) is 17.4. The maximum atomic E-state index is 10.6. The van der Waals surface area contributed by atoms with Crippen molar-refractivity contribution < 1.29 is 23.8 Å². The van der Waals surface area contributed by atoms with Crippen molar-refractivity contribution in [3.05, 3.63) is 25.3 Å². The molecule has 20 heavy (non-hydrogen) atoms. The molecule has 114 valence electrons. The Bertz CT molecular complexity index is 335. The number of carbonyl (C=O) groups excluding carboxylic acids is 2. The summed E-state index contributed by atoms with van der Waals surface area (Å²) in [5.74, 6) is -0.747. The second-order valence-corrected chi connectivity index (χ2v) is 5.21. The Labute approximate surface area is 120 Å². The molecule has 0 spiro atoms. The van der Waals surface area contributed by atoms with Gasteiger partial charge in [0.25, 0.3) is 0 Å². The van der Waals surface area contributed by atoms with Crippen molar-refractivity contribution in [1.29, 1.82) is 0 Å². The molecule has 1 aliphatic heterocycles. The van der Waals surface area contributed by atoms with Crippen LogP contribution in [0.5, 0.6) is 0 Å². The predicted octanol–water partition coefficient (Wildman–Crippen LogP) is 2.41. The smallest absolute Gasteiger partial charge is 0.330 e. The number of ether oxygens (including phenoxy) is 3. The van der Waals surface area contributed by atoms with Crippen molar-refractivity contribution >= 4 is 11.9 Å². The van der Waals surface area contributed by atoms with E-state index >= 15 is 0 Å². The number of carbonyl (C=O) groups is 2. The summed E-state index contributed by atoms with van der Waals surface area (Å²) in [5, 5.41) is 0. The molecule has 0 aliphatic carbocycles. The Morgan fingerprint density at radius 3 is 2.20 bits per heavy atom. The van der Waals surface area contributed by atoms with Crippen LogP contribution in [0.1, 0.15) is 33.6 Å². The highest BCUT2D eigenvalue weighted by atomic mass is 16.6. The van der Waals surface area contributed by atoms with E-state index in [2.05, 4.69) is 13.2 Å². The first kappa shape index (κ1) is 18.4. The Morgan fingerprint density at radius 1 is 1.25 bits per heavy atom. The first-order chi connectivity index (χ1) is 9.28. The lowest BCUT2D eigenvalue weighted by atomic mass is 10.2. The number of hydrogen-bond donors (Lipinski definition) is 0. The Hall–Kier alpha value is -1.62. The van der Waals surface area contributed by atoms with Gasteiger partial charge in [0, 0.05) is 18.8 Å². The van der Waals surface area contributed by atoms with E-state index in [4.69, 9.17) is 14.2 Å². The van der Waals surface area contributed by atoms with Crippen molar-refractivity contribution in [3.63, 3.8) is 0 Å². The summed E-state index contributed by atoms with van der Waals surface area (Å²) in [6, 6.07) is 0. The van der Waals surface area contributed by atoms with Crippen LogP contribution in [-0.2, 0) is 23.8 Å². The quantitative estimate of drug-likeness (QED) is 0.586. The molecule has 0 N–H and O–H groups in total. The molecule has 1 unspecified atom stereocenters. The molecule has 0 radical (unpaired) electrons. The lowest BCUT2D eigenvalue weighted by Gasteiger charge is -2.17. The van der Waals surface area contributed by atoms with E-state index in [0.29, 0.717) is 6.61 Å². The number of esters is 2. The second-order valence-electron chi connectivity index (χ2n) is 5.21. The molecule has 1 aliphatic rings. The minimum Gasteiger partial charge on any atom is -0.460 e. The summed E-state index contributed by atoms with van der Waals surface area (Å²) in [7, 11) is 0. The van der Waals surface area contributed by atoms with Gasteiger partial charge in [0.15, 0.2) is 0 Å². The van der Waals surface area contributed by atoms with E-state index in [0.717, 1.165) is 31.6 Å². The molecular formula is C15H24O5. The molecule has 0 bridgehead atoms. The van der Waals surface area contributed by atoms with Crippen molar-refractivity contribution in [3.8, 4) is 0 Å². The molecule has 0 aromatic rings. The highest BCUT2D eigenvalue weighted by molar-refractivity contribution is 5.81. The highest BCUT2D eigenvalue weighted by Crippen LogP contribution is 2.11. The Kier molecular flexibility index (Phi) is 8.56. The van der Waals surface area contributed by atoms with Crippen LogP contribution in [0.2, 0.25) is 0 Å². The largest absolute Gasteiger partial charge is 0.460 e. The summed E-state index contributed by atoms with van der Waals surface area (Å²) in [6.07, 6.45) is 4.49. The molecule has 1 fully saturated rings. The van der Waals surface area contributed by atoms with Gasteiger partial charge in [-0.05, 0) is 33.6 Å². The average molecular weight is 284 g/mol. The Balaban J connectivity index is 0.000000370. The summed E-state index contributed by atoms with van der Waals surface area (Å²) in [4.78, 5) is 21.1. The molecule has 0 amide bonds. The molecule has 0 aromatic carbocycles. The third-order valence-corrected chi connectivity index (χ3v) is 2.18. The van der Waals surface area contributed by atoms with Crippen LogP contribution in [0, 0.1) is 0 Å². The van der Waals surface area contributed by atoms with Crippen LogP contribution in [0.15, 0.2) is 25.3 Å². The maximum Gasteiger partial charge on any atom is 0.330 e. The summed E-state index contributed by atoms with van der Waals surface area (Å²) in [6.45, 7) is 13.2. The van der Waals surface area contributed by atoms with Crippen molar-refractivity contribution in [2.24, 2.45) is 0 Å². The van der Waals surface area contributed by atoms with Crippen molar-refractivity contribution in [2.75, 3.05) is 13.2 Å². The third-order valence-electron chi connectivity index (χ3n) is 2.18. The molecular weight excluding hydrogens is 260 g/mol. The van der Waals surface area contributed by atoms with Gasteiger partial charge in [-0.25, -0.2) is 9.59 Å². The van der Waals surface area contributed by atoms with Gasteiger partial charge in [-0.3, -0.25) is 0 Å². The van der Waals surface area contributed by atoms with Gasteiger partial charge in [-0.15, -0.1) is 0 Å². The van der Waals surface area contributed by atoms with E-state index < -0.39 is 5.60 Å². The lowest BCUT2D eigenvalue weighted by Crippen LogP contribution is -2.22. The molecule has 1 heterocycles. The van der Waals surface area contributed by atoms with Gasteiger partial charge in [0.1, 0.15) is 12.2 Å². The predicted molar refractivity (Wildman–Crippen MR) is 76.2 cm³/mol. The number of hydrogen-bond acceptors (Lipinski definition) is 5. The van der Waals surface area contributed by atoms with Gasteiger partial charge in [-0.1, -0.05) is 13.2 Å². The fourth-order valence-electron chi connectivity index (χ4n) is 1.35. The van der Waals surface area contributed by atoms with Gasteiger partial charge in [0.2, 0.25) is 0 Å². The summed E-state index contributed by atoms with van der Waals surface area (Å²) >= 11 is 0. The second kappa shape index (κ2) is 9.31. The molecule has 1 rings (SSSR count). The fraction of sp³-hybridized carbons (Fsp3) is 0.600. The van der Waals surface area contributed by atoms with Crippen LogP contribution in [0.3, 0.4) is 0 Å². The average Bonchev–Trinajstić information content (AvgIpc) is 2.87. The molecule has 1 saturated heterocycles. The van der Waals surface area contributed by atoms with Crippen molar-refractivity contribution in [1.82, 2.24) is 0 Å². The van der Waals surface area contributed by atoms with E-state index in [1.807, 2.05) is 20.8 Å². The first-order valence-corrected chi connectivity index (χ1v) is 6.54. The lowest BCUT2D eigenvalue weighted by molar-refractivity contribution is -0.148. The topological polar surface area (TPSA) is 61.8 Å². The first-order valence-electron chi connectivity index (χ1n) is 6.54. The Morgan fingerprint density at radius 2 is 1.85 bits per heavy atom. The van der Waals surface area contributed by atoms with Gasteiger partial charge >= 0.3 is 11.9 Å². The summed E-state index contributed by atoms with van der Waals surface area (Å²) < 4.78 is 14.9. The van der Waals surface area contributed by atoms with E-state index in [9.17, 15) is 9.59 Å². The molecule has 0 aromatic heterocycles. The van der Waals surface area contributed by atoms with E-state index in [1.54, 1.807) is 0 Å². The molecule has 1 atom stereocenters. The monoisotopic (exact) mass is 284 g/mol. The standard InChI is InChI=1S/C8H12O3.C7H12O2/c1-2-8(9)11-6-7-4-3-5-10-7;1-5-6(8)9-7(2,3)4/h2,7H,1,3-6H2;5H,1H2,2-4H3. The third kappa shape index (κ3) is 10.3. The molecule has 0 saturated carbocycles. The summed E-state index contributed by atoms with van der Waals surface area (Å²) in [5.41, 5.74) is -0.398. The van der Waals surface area contributed by atoms with Crippen LogP contribution >= 0.6 is 0 Å². The SMILES string of the molecule is C=CC(=O)OC(C)(C)C.C=CC(=O)OCC1CCCO1. The van der Waals surface area contributed by atoms with Crippen LogP contribution < -0.4 is 0 Å². The van der Waals surface area contributed by atoms with Gasteiger partial charge in [0.05, 0.1) is 6.10 Å². The van der Waals surface area contributed by atoms with Crippen LogP contribution in [0.25, 0.3) is 0 Å². The van der Waals surface area contributed by atoms with Gasteiger partial charge < -0.3 is 14.2 Å². The zero-order chi connectivity index (χ0) is 15.6. The fourth-order valence-corrected chi connectivity index (χ4v) is 1.35. The minimum atomic E-state index is -0.398. The van der Waals surface area contributed by atoms with Crippen LogP contribution in [0.4, 0.5) is 0 Å². The number of rotatable bonds is 4. The maximum absolute atomic E-state index is 10.6. The van der Waals surface area contributed by atoms with Crippen LogP contribution in [-0.4, -0.2) is 36.9 Å². The zero-order valence-electron chi connectivity index (χ0n) is 12.5. The van der Waals surface area contributed by atoms with E-state index in [1.165, 1.54) is 0 Å². The van der Waals surface area contributed by atoms with E-state index in [-0.39, 0.29) is 18.0 Å².